The third-order valence-electron chi connectivity index (χ3n) is 4.86. The molecule has 6 heteroatoms. The number of aliphatic carboxylic acids is 1. The quantitative estimate of drug-likeness (QED) is 0.439. The molecule has 6 nitrogen and oxygen atoms in total. The molecule has 0 aliphatic carbocycles. The minimum absolute atomic E-state index is 0.148. The second kappa shape index (κ2) is 8.21. The van der Waals surface area contributed by atoms with Gasteiger partial charge < -0.3 is 24.3 Å². The molecule has 152 valence electrons. The van der Waals surface area contributed by atoms with Crippen LogP contribution in [0.3, 0.4) is 0 Å². The first-order valence-corrected chi connectivity index (χ1v) is 9.41. The Balaban J connectivity index is 1.87. The molecule has 1 heterocycles. The first kappa shape index (κ1) is 19.4. The average Bonchev–Trinajstić information content (AvgIpc) is 3.10. The van der Waals surface area contributed by atoms with Crippen LogP contribution in [0, 0.1) is 0 Å². The Morgan fingerprint density at radius 2 is 1.73 bits per heavy atom. The summed E-state index contributed by atoms with van der Waals surface area (Å²) in [4.78, 5) is 15.0. The van der Waals surface area contributed by atoms with Crippen molar-refractivity contribution in [2.24, 2.45) is 0 Å². The van der Waals surface area contributed by atoms with Gasteiger partial charge in [-0.3, -0.25) is 4.79 Å². The third-order valence-corrected chi connectivity index (χ3v) is 4.86. The predicted molar refractivity (Wildman–Crippen MR) is 115 cm³/mol. The lowest BCUT2D eigenvalue weighted by Gasteiger charge is -2.13. The SMILES string of the molecule is COc1cccc(-c2[nH]c3ccc(Oc4ccccc4)cc3c2CC(=O)O)c1OC. The number of aromatic amines is 1. The maximum atomic E-state index is 11.6. The fourth-order valence-corrected chi connectivity index (χ4v) is 3.56. The lowest BCUT2D eigenvalue weighted by atomic mass is 10.0. The van der Waals surface area contributed by atoms with Crippen molar-refractivity contribution < 1.29 is 24.1 Å². The second-order valence-corrected chi connectivity index (χ2v) is 6.71. The number of carboxylic acids is 1. The standard InChI is InChI=1S/C24H21NO5/c1-28-21-10-6-9-17(24(21)29-2)23-19(14-22(26)27)18-13-16(11-12-20(18)25-23)30-15-7-4-3-5-8-15/h3-13,25H,14H2,1-2H3,(H,26,27). The molecule has 0 spiro atoms. The zero-order valence-electron chi connectivity index (χ0n) is 16.6. The van der Waals surface area contributed by atoms with Crippen molar-refractivity contribution in [3.05, 3.63) is 72.3 Å². The number of para-hydroxylation sites is 2. The minimum atomic E-state index is -0.923. The van der Waals surface area contributed by atoms with Gasteiger partial charge in [0.25, 0.3) is 0 Å². The summed E-state index contributed by atoms with van der Waals surface area (Å²) in [6.07, 6.45) is -0.148. The summed E-state index contributed by atoms with van der Waals surface area (Å²) in [5, 5.41) is 10.3. The topological polar surface area (TPSA) is 80.8 Å². The van der Waals surface area contributed by atoms with Crippen LogP contribution in [-0.4, -0.2) is 30.3 Å². The monoisotopic (exact) mass is 403 g/mol. The first-order chi connectivity index (χ1) is 14.6. The molecule has 0 radical (unpaired) electrons. The van der Waals surface area contributed by atoms with Crippen LogP contribution in [-0.2, 0) is 11.2 Å². The summed E-state index contributed by atoms with van der Waals surface area (Å²) in [5.41, 5.74) is 2.88. The summed E-state index contributed by atoms with van der Waals surface area (Å²) >= 11 is 0. The van der Waals surface area contributed by atoms with E-state index in [-0.39, 0.29) is 6.42 Å². The number of rotatable bonds is 7. The van der Waals surface area contributed by atoms with E-state index in [1.807, 2.05) is 60.7 Å². The molecule has 0 aliphatic heterocycles. The van der Waals surface area contributed by atoms with Crippen LogP contribution >= 0.6 is 0 Å². The smallest absolute Gasteiger partial charge is 0.307 e. The zero-order valence-corrected chi connectivity index (χ0v) is 16.6. The number of benzene rings is 3. The number of H-pyrrole nitrogens is 1. The molecule has 0 aliphatic rings. The highest BCUT2D eigenvalue weighted by Crippen LogP contribution is 2.41. The number of ether oxygens (including phenoxy) is 3. The van der Waals surface area contributed by atoms with Crippen molar-refractivity contribution in [2.75, 3.05) is 14.2 Å². The Kier molecular flexibility index (Phi) is 5.30. The predicted octanol–water partition coefficient (Wildman–Crippen LogP) is 5.27. The number of hydrogen-bond donors (Lipinski definition) is 2. The summed E-state index contributed by atoms with van der Waals surface area (Å²) in [7, 11) is 3.13. The normalized spacial score (nSPS) is 10.7. The molecular formula is C24H21NO5. The van der Waals surface area contributed by atoms with Crippen molar-refractivity contribution in [1.82, 2.24) is 4.98 Å². The van der Waals surface area contributed by atoms with Crippen molar-refractivity contribution >= 4 is 16.9 Å². The van der Waals surface area contributed by atoms with Crippen LogP contribution < -0.4 is 14.2 Å². The van der Waals surface area contributed by atoms with E-state index in [2.05, 4.69) is 4.98 Å². The number of fused-ring (bicyclic) bond motifs is 1. The van der Waals surface area contributed by atoms with E-state index in [1.165, 1.54) is 0 Å². The van der Waals surface area contributed by atoms with Gasteiger partial charge >= 0.3 is 5.97 Å². The van der Waals surface area contributed by atoms with E-state index in [4.69, 9.17) is 14.2 Å². The summed E-state index contributed by atoms with van der Waals surface area (Å²) in [6.45, 7) is 0. The van der Waals surface area contributed by atoms with Gasteiger partial charge in [0, 0.05) is 16.5 Å². The fourth-order valence-electron chi connectivity index (χ4n) is 3.56. The fraction of sp³-hybridized carbons (Fsp3) is 0.125. The highest BCUT2D eigenvalue weighted by Gasteiger charge is 2.21. The molecule has 1 aromatic heterocycles. The van der Waals surface area contributed by atoms with Crippen LogP contribution in [0.1, 0.15) is 5.56 Å². The van der Waals surface area contributed by atoms with Crippen LogP contribution in [0.15, 0.2) is 66.7 Å². The summed E-state index contributed by atoms with van der Waals surface area (Å²) < 4.78 is 16.9. The maximum absolute atomic E-state index is 11.6. The van der Waals surface area contributed by atoms with Crippen molar-refractivity contribution in [3.8, 4) is 34.3 Å². The molecule has 0 bridgehead atoms. The summed E-state index contributed by atoms with van der Waals surface area (Å²) in [5.74, 6) is 1.53. The first-order valence-electron chi connectivity index (χ1n) is 9.41. The highest BCUT2D eigenvalue weighted by atomic mass is 16.5. The average molecular weight is 403 g/mol. The van der Waals surface area contributed by atoms with Crippen LogP contribution in [0.5, 0.6) is 23.0 Å². The largest absolute Gasteiger partial charge is 0.493 e. The Bertz CT molecular complexity index is 1200. The van der Waals surface area contributed by atoms with E-state index < -0.39 is 5.97 Å². The van der Waals surface area contributed by atoms with Gasteiger partial charge in [-0.05, 0) is 48.0 Å². The van der Waals surface area contributed by atoms with Gasteiger partial charge in [0.15, 0.2) is 11.5 Å². The van der Waals surface area contributed by atoms with Crippen molar-refractivity contribution in [1.29, 1.82) is 0 Å². The lowest BCUT2D eigenvalue weighted by molar-refractivity contribution is -0.136. The van der Waals surface area contributed by atoms with Crippen LogP contribution in [0.25, 0.3) is 22.2 Å². The maximum Gasteiger partial charge on any atom is 0.307 e. The Labute approximate surface area is 173 Å². The van der Waals surface area contributed by atoms with E-state index >= 15 is 0 Å². The summed E-state index contributed by atoms with van der Waals surface area (Å²) in [6, 6.07) is 20.5. The molecular weight excluding hydrogens is 382 g/mol. The molecule has 0 saturated carbocycles. The lowest BCUT2D eigenvalue weighted by Crippen LogP contribution is -2.02. The van der Waals surface area contributed by atoms with Gasteiger partial charge in [0.05, 0.1) is 26.3 Å². The molecule has 2 N–H and O–H groups in total. The Hall–Kier alpha value is -3.93. The van der Waals surface area contributed by atoms with Gasteiger partial charge in [-0.1, -0.05) is 24.3 Å². The molecule has 0 saturated heterocycles. The minimum Gasteiger partial charge on any atom is -0.493 e. The van der Waals surface area contributed by atoms with Gasteiger partial charge in [-0.2, -0.15) is 0 Å². The number of methoxy groups -OCH3 is 2. The van der Waals surface area contributed by atoms with E-state index in [1.54, 1.807) is 20.3 Å². The molecule has 4 rings (SSSR count). The molecule has 0 fully saturated rings. The van der Waals surface area contributed by atoms with Gasteiger partial charge in [0.2, 0.25) is 0 Å². The van der Waals surface area contributed by atoms with Crippen molar-refractivity contribution in [2.45, 2.75) is 6.42 Å². The molecule has 3 aromatic carbocycles. The molecule has 0 amide bonds. The zero-order chi connectivity index (χ0) is 21.1. The number of carboxylic acid groups (broad SMARTS) is 1. The number of nitrogens with one attached hydrogen (secondary N) is 1. The highest BCUT2D eigenvalue weighted by molar-refractivity contribution is 5.96. The van der Waals surface area contributed by atoms with E-state index in [9.17, 15) is 9.90 Å². The molecule has 30 heavy (non-hydrogen) atoms. The Morgan fingerprint density at radius 3 is 2.43 bits per heavy atom. The van der Waals surface area contributed by atoms with E-state index in [0.717, 1.165) is 16.5 Å². The van der Waals surface area contributed by atoms with Gasteiger partial charge in [-0.15, -0.1) is 0 Å². The number of hydrogen-bond acceptors (Lipinski definition) is 4. The molecule has 0 atom stereocenters. The third kappa shape index (κ3) is 3.67. The number of carbonyl (C=O) groups is 1. The molecule has 4 aromatic rings. The second-order valence-electron chi connectivity index (χ2n) is 6.71. The molecule has 0 unspecified atom stereocenters. The Morgan fingerprint density at radius 1 is 0.933 bits per heavy atom. The van der Waals surface area contributed by atoms with Crippen LogP contribution in [0.2, 0.25) is 0 Å². The van der Waals surface area contributed by atoms with Gasteiger partial charge in [0.1, 0.15) is 11.5 Å². The van der Waals surface area contributed by atoms with Gasteiger partial charge in [-0.25, -0.2) is 0 Å². The van der Waals surface area contributed by atoms with Crippen LogP contribution in [0.4, 0.5) is 0 Å². The number of aromatic nitrogens is 1. The van der Waals surface area contributed by atoms with E-state index in [0.29, 0.717) is 34.3 Å². The van der Waals surface area contributed by atoms with Crippen molar-refractivity contribution in [3.63, 3.8) is 0 Å².